The van der Waals surface area contributed by atoms with Crippen molar-refractivity contribution in [2.75, 3.05) is 0 Å². The van der Waals surface area contributed by atoms with Gasteiger partial charge in [-0.3, -0.25) is 4.79 Å². The molecule has 0 aromatic heterocycles. The summed E-state index contributed by atoms with van der Waals surface area (Å²) in [7, 11) is 0. The van der Waals surface area contributed by atoms with Gasteiger partial charge in [0.05, 0.1) is 7.29 Å². The van der Waals surface area contributed by atoms with E-state index in [9.17, 15) is 4.79 Å². The van der Waals surface area contributed by atoms with Gasteiger partial charge in [0.15, 0.2) is 0 Å². The fraction of sp³-hybridized carbons (Fsp3) is 0.400. The first-order valence-corrected chi connectivity index (χ1v) is 6.17. The number of primary amides is 1. The molecule has 1 unspecified atom stereocenters. The Morgan fingerprint density at radius 1 is 1.67 bits per heavy atom. The quantitative estimate of drug-likeness (QED) is 0.833. The summed E-state index contributed by atoms with van der Waals surface area (Å²) in [5.74, 6) is -2.22. The van der Waals surface area contributed by atoms with Gasteiger partial charge in [0.2, 0.25) is 5.91 Å². The fourth-order valence-corrected chi connectivity index (χ4v) is 2.96. The Morgan fingerprint density at radius 2 is 2.44 bits per heavy atom. The minimum Gasteiger partial charge on any atom is -0.369 e. The molecule has 0 heterocycles. The van der Waals surface area contributed by atoms with E-state index in [4.69, 9.17) is 24.2 Å². The van der Waals surface area contributed by atoms with Gasteiger partial charge in [-0.15, -0.1) is 0 Å². The van der Waals surface area contributed by atoms with E-state index in [-0.39, 0.29) is 17.5 Å². The molecule has 0 fully saturated rings. The van der Waals surface area contributed by atoms with E-state index >= 15 is 0 Å². The Morgan fingerprint density at radius 3 is 3.17 bits per heavy atom. The zero-order valence-electron chi connectivity index (χ0n) is 14.9. The van der Waals surface area contributed by atoms with E-state index in [1.54, 1.807) is 6.07 Å². The first-order valence-electron chi connectivity index (χ1n) is 8.29. The zero-order valence-corrected chi connectivity index (χ0v) is 10.7. The molecule has 3 rings (SSSR count). The maximum absolute atomic E-state index is 11.9. The van der Waals surface area contributed by atoms with Crippen molar-refractivity contribution in [2.45, 2.75) is 32.5 Å². The normalized spacial score (nSPS) is 31.4. The first-order chi connectivity index (χ1) is 10.5. The van der Waals surface area contributed by atoms with Gasteiger partial charge in [-0.2, -0.15) is 0 Å². The molecular formula is C15H16ClNO. The van der Waals surface area contributed by atoms with Gasteiger partial charge in [-0.1, -0.05) is 11.6 Å². The highest BCUT2D eigenvalue weighted by Crippen LogP contribution is 2.45. The number of nitrogens with two attached hydrogens (primary N) is 1. The maximum Gasteiger partial charge on any atom is 0.224 e. The van der Waals surface area contributed by atoms with E-state index in [2.05, 4.69) is 0 Å². The average Bonchev–Trinajstić information content (AvgIpc) is 2.74. The van der Waals surface area contributed by atoms with Crippen molar-refractivity contribution < 1.29 is 11.6 Å². The van der Waals surface area contributed by atoms with Gasteiger partial charge < -0.3 is 5.73 Å². The molecule has 0 saturated heterocycles. The van der Waals surface area contributed by atoms with Gasteiger partial charge in [0.1, 0.15) is 0 Å². The molecule has 0 spiro atoms. The highest BCUT2D eigenvalue weighted by Gasteiger charge is 2.33. The van der Waals surface area contributed by atoms with Crippen molar-refractivity contribution >= 4 is 23.1 Å². The van der Waals surface area contributed by atoms with Crippen LogP contribution in [-0.2, 0) is 11.2 Å². The second-order valence-corrected chi connectivity index (χ2v) is 5.07. The number of hydrogen-bond donors (Lipinski definition) is 1. The molecule has 0 radical (unpaired) electrons. The summed E-state index contributed by atoms with van der Waals surface area (Å²) in [4.78, 5) is 11.9. The highest BCUT2D eigenvalue weighted by molar-refractivity contribution is 6.30. The molecule has 1 aromatic rings. The summed E-state index contributed by atoms with van der Waals surface area (Å²) in [5, 5.41) is 0.264. The predicted molar refractivity (Wildman–Crippen MR) is 73.3 cm³/mol. The van der Waals surface area contributed by atoms with Crippen LogP contribution in [0.15, 0.2) is 17.7 Å². The van der Waals surface area contributed by atoms with Crippen LogP contribution in [0.5, 0.6) is 0 Å². The monoisotopic (exact) mass is 266 g/mol. The number of carbonyl (C=O) groups is 1. The minimum atomic E-state index is -2.39. The van der Waals surface area contributed by atoms with Gasteiger partial charge in [0, 0.05) is 10.5 Å². The number of allylic oxidation sites excluding steroid dienone is 1. The Bertz CT molecular complexity index is 772. The Balaban J connectivity index is 2.30. The third kappa shape index (κ3) is 1.67. The van der Waals surface area contributed by atoms with Crippen molar-refractivity contribution in [1.82, 2.24) is 0 Å². The van der Waals surface area contributed by atoms with Gasteiger partial charge in [-0.25, -0.2) is 0 Å². The first kappa shape index (κ1) is 7.34. The molecule has 2 aliphatic rings. The van der Waals surface area contributed by atoms with Crippen LogP contribution in [0.3, 0.4) is 0 Å². The summed E-state index contributed by atoms with van der Waals surface area (Å²) in [6.45, 7) is 1.84. The van der Waals surface area contributed by atoms with Crippen molar-refractivity contribution in [3.8, 4) is 0 Å². The molecule has 94 valence electrons. The minimum absolute atomic E-state index is 0.0961. The topological polar surface area (TPSA) is 43.1 Å². The molecule has 3 heteroatoms. The molecule has 1 amide bonds. The van der Waals surface area contributed by atoms with Crippen LogP contribution < -0.4 is 5.73 Å². The fourth-order valence-electron chi connectivity index (χ4n) is 2.70. The molecule has 0 saturated carbocycles. The number of benzene rings is 1. The standard InChI is InChI=1S/C15H16ClNO/c1-8-5-9(16)6-13-10-3-2-4-11(15(17)18)14(10)7-12(8)13/h5-6,11H,2-4,7H2,1H3,(H2,17,18)/i2D2,4D2,6D. The molecule has 2 nitrogen and oxygen atoms in total. The second-order valence-electron chi connectivity index (χ2n) is 4.67. The van der Waals surface area contributed by atoms with Crippen LogP contribution in [0.1, 0.15) is 42.7 Å². The Labute approximate surface area is 119 Å². The summed E-state index contributed by atoms with van der Waals surface area (Å²) >= 11 is 6.09. The summed E-state index contributed by atoms with van der Waals surface area (Å²) in [6, 6.07) is 1.77. The van der Waals surface area contributed by atoms with Crippen molar-refractivity contribution in [2.24, 2.45) is 11.7 Å². The van der Waals surface area contributed by atoms with E-state index in [1.807, 2.05) is 6.92 Å². The molecular weight excluding hydrogens is 246 g/mol. The smallest absolute Gasteiger partial charge is 0.224 e. The summed E-state index contributed by atoms with van der Waals surface area (Å²) in [6.07, 6.45) is -4.53. The molecule has 2 aliphatic carbocycles. The third-order valence-electron chi connectivity index (χ3n) is 3.57. The molecule has 0 bridgehead atoms. The van der Waals surface area contributed by atoms with Crippen molar-refractivity contribution in [3.63, 3.8) is 0 Å². The number of halogens is 1. The lowest BCUT2D eigenvalue weighted by Gasteiger charge is -2.22. The van der Waals surface area contributed by atoms with Crippen LogP contribution in [-0.4, -0.2) is 5.91 Å². The molecule has 18 heavy (non-hydrogen) atoms. The van der Waals surface area contributed by atoms with Gasteiger partial charge >= 0.3 is 0 Å². The molecule has 1 atom stereocenters. The average molecular weight is 267 g/mol. The number of aryl methyl sites for hydroxylation is 1. The third-order valence-corrected chi connectivity index (χ3v) is 3.77. The van der Waals surface area contributed by atoms with Gasteiger partial charge in [-0.05, 0) is 72.5 Å². The van der Waals surface area contributed by atoms with Crippen LogP contribution in [0.25, 0.3) is 5.57 Å². The summed E-state index contributed by atoms with van der Waals surface area (Å²) in [5.41, 5.74) is 8.61. The van der Waals surface area contributed by atoms with Crippen LogP contribution in [0.2, 0.25) is 5.02 Å². The SMILES string of the molecule is [2H]c1c(Cl)cc(C)c2c1C1=C(C2)C(C(N)=O)C([2H])([2H])C([2H])([2H])C1. The van der Waals surface area contributed by atoms with E-state index in [1.165, 1.54) is 0 Å². The van der Waals surface area contributed by atoms with Crippen molar-refractivity contribution in [1.29, 1.82) is 0 Å². The molecule has 2 N–H and O–H groups in total. The predicted octanol–water partition coefficient (Wildman–Crippen LogP) is 3.24. The van der Waals surface area contributed by atoms with Crippen molar-refractivity contribution in [3.05, 3.63) is 39.4 Å². The van der Waals surface area contributed by atoms with Gasteiger partial charge in [0.25, 0.3) is 0 Å². The zero-order chi connectivity index (χ0) is 17.3. The molecule has 0 aliphatic heterocycles. The lowest BCUT2D eigenvalue weighted by atomic mass is 9.82. The number of amides is 1. The van der Waals surface area contributed by atoms with E-state index in [0.29, 0.717) is 23.1 Å². The molecule has 1 aromatic carbocycles. The lowest BCUT2D eigenvalue weighted by molar-refractivity contribution is -0.121. The van der Waals surface area contributed by atoms with Crippen LogP contribution in [0, 0.1) is 12.8 Å². The van der Waals surface area contributed by atoms with E-state index in [0.717, 1.165) is 11.1 Å². The number of hydrogen-bond acceptors (Lipinski definition) is 1. The largest absolute Gasteiger partial charge is 0.369 e. The Hall–Kier alpha value is -1.28. The Kier molecular flexibility index (Phi) is 1.68. The van der Waals surface area contributed by atoms with Crippen LogP contribution in [0.4, 0.5) is 0 Å². The number of rotatable bonds is 1. The summed E-state index contributed by atoms with van der Waals surface area (Å²) < 4.78 is 40.6. The second kappa shape index (κ2) is 4.13. The number of carbonyl (C=O) groups excluding carboxylic acids is 1. The lowest BCUT2D eigenvalue weighted by Crippen LogP contribution is -2.27. The number of fused-ring (bicyclic) bond motifs is 2. The van der Waals surface area contributed by atoms with Crippen LogP contribution >= 0.6 is 11.6 Å². The highest BCUT2D eigenvalue weighted by atomic mass is 35.5. The van der Waals surface area contributed by atoms with E-state index < -0.39 is 24.6 Å². The maximum atomic E-state index is 11.9.